The second kappa shape index (κ2) is 11.9. The molecule has 2 fully saturated rings. The zero-order chi connectivity index (χ0) is 25.7. The summed E-state index contributed by atoms with van der Waals surface area (Å²) in [6.07, 6.45) is 5.20. The zero-order valence-corrected chi connectivity index (χ0v) is 22.5. The lowest BCUT2D eigenvalue weighted by molar-refractivity contribution is -0.130. The predicted molar refractivity (Wildman–Crippen MR) is 147 cm³/mol. The molecule has 6 heteroatoms. The van der Waals surface area contributed by atoms with Gasteiger partial charge in [-0.05, 0) is 70.3 Å². The molecule has 1 saturated carbocycles. The normalized spacial score (nSPS) is 22.3. The van der Waals surface area contributed by atoms with Crippen molar-refractivity contribution in [3.63, 3.8) is 0 Å². The van der Waals surface area contributed by atoms with E-state index in [1.165, 1.54) is 24.8 Å². The molecule has 2 N–H and O–H groups in total. The third-order valence-corrected chi connectivity index (χ3v) is 8.62. The fourth-order valence-electron chi connectivity index (χ4n) is 6.43. The van der Waals surface area contributed by atoms with Gasteiger partial charge in [-0.15, -0.1) is 0 Å². The van der Waals surface area contributed by atoms with Crippen LogP contribution in [0.2, 0.25) is 0 Å². The highest BCUT2D eigenvalue weighted by atomic mass is 16.3. The van der Waals surface area contributed by atoms with Gasteiger partial charge >= 0.3 is 0 Å². The highest BCUT2D eigenvalue weighted by Gasteiger charge is 2.46. The van der Waals surface area contributed by atoms with Crippen LogP contribution in [0, 0.1) is 13.8 Å². The number of piperidine rings is 1. The molecule has 4 rings (SSSR count). The fourth-order valence-corrected chi connectivity index (χ4v) is 6.43. The van der Waals surface area contributed by atoms with Gasteiger partial charge in [0.1, 0.15) is 5.54 Å². The number of aliphatic hydroxyl groups excluding tert-OH is 1. The van der Waals surface area contributed by atoms with Gasteiger partial charge in [-0.1, -0.05) is 55.0 Å². The lowest BCUT2D eigenvalue weighted by atomic mass is 9.84. The van der Waals surface area contributed by atoms with Gasteiger partial charge in [0.25, 0.3) is 0 Å². The van der Waals surface area contributed by atoms with Gasteiger partial charge in [0.2, 0.25) is 5.91 Å². The number of aliphatic hydroxyl groups is 1. The lowest BCUT2D eigenvalue weighted by Gasteiger charge is -2.48. The van der Waals surface area contributed by atoms with Gasteiger partial charge < -0.3 is 10.4 Å². The van der Waals surface area contributed by atoms with E-state index in [0.29, 0.717) is 18.6 Å². The van der Waals surface area contributed by atoms with Crippen molar-refractivity contribution in [2.24, 2.45) is 0 Å². The number of likely N-dealkylation sites (tertiary alicyclic amines) is 1. The Morgan fingerprint density at radius 1 is 1.03 bits per heavy atom. The number of amides is 1. The Hall–Kier alpha value is -2.25. The maximum Gasteiger partial charge on any atom is 0.244 e. The standard InChI is InChI=1S/C30H44N4O2/c1-23-10-8-11-24(2)28(23)31-29(36)30(32(3)4)16-18-33(19-17-30)26-14-9-15-27(26)34(20-21-35)22-25-12-6-5-7-13-25/h5-8,10-13,26-27,35H,9,14-22H2,1-4H3,(H,31,36)/t26-,27-/m1/s1. The summed E-state index contributed by atoms with van der Waals surface area (Å²) < 4.78 is 0. The Morgan fingerprint density at radius 3 is 2.31 bits per heavy atom. The maximum atomic E-state index is 13.7. The largest absolute Gasteiger partial charge is 0.395 e. The Morgan fingerprint density at radius 2 is 1.69 bits per heavy atom. The minimum Gasteiger partial charge on any atom is -0.395 e. The minimum atomic E-state index is -0.506. The molecule has 6 nitrogen and oxygen atoms in total. The number of aryl methyl sites for hydroxylation is 2. The fraction of sp³-hybridized carbons (Fsp3) is 0.567. The van der Waals surface area contributed by atoms with Crippen LogP contribution >= 0.6 is 0 Å². The molecule has 0 aromatic heterocycles. The second-order valence-corrected chi connectivity index (χ2v) is 10.9. The van der Waals surface area contributed by atoms with Crippen molar-refractivity contribution >= 4 is 11.6 Å². The predicted octanol–water partition coefficient (Wildman–Crippen LogP) is 4.05. The molecule has 1 aliphatic carbocycles. The first-order valence-electron chi connectivity index (χ1n) is 13.5. The van der Waals surface area contributed by atoms with Gasteiger partial charge in [0.15, 0.2) is 0 Å². The summed E-state index contributed by atoms with van der Waals surface area (Å²) in [5.41, 5.74) is 3.94. The van der Waals surface area contributed by atoms with Gasteiger partial charge in [0, 0.05) is 44.0 Å². The molecule has 196 valence electrons. The van der Waals surface area contributed by atoms with E-state index in [2.05, 4.69) is 76.3 Å². The molecular weight excluding hydrogens is 448 g/mol. The van der Waals surface area contributed by atoms with Crippen LogP contribution in [0.3, 0.4) is 0 Å². The number of likely N-dealkylation sites (N-methyl/N-ethyl adjacent to an activating group) is 1. The van der Waals surface area contributed by atoms with E-state index in [1.54, 1.807) is 0 Å². The first kappa shape index (κ1) is 26.8. The first-order valence-corrected chi connectivity index (χ1v) is 13.5. The molecule has 2 atom stereocenters. The zero-order valence-electron chi connectivity index (χ0n) is 22.5. The highest BCUT2D eigenvalue weighted by Crippen LogP contribution is 2.36. The Bertz CT molecular complexity index is 981. The molecular formula is C30H44N4O2. The molecule has 1 heterocycles. The number of benzene rings is 2. The molecule has 1 amide bonds. The summed E-state index contributed by atoms with van der Waals surface area (Å²) >= 11 is 0. The van der Waals surface area contributed by atoms with Crippen molar-refractivity contribution in [3.05, 3.63) is 65.2 Å². The topological polar surface area (TPSA) is 59.1 Å². The highest BCUT2D eigenvalue weighted by molar-refractivity contribution is 5.99. The van der Waals surface area contributed by atoms with Crippen molar-refractivity contribution in [1.29, 1.82) is 0 Å². The Labute approximate surface area is 217 Å². The van der Waals surface area contributed by atoms with E-state index in [-0.39, 0.29) is 12.5 Å². The molecule has 2 aromatic carbocycles. The number of nitrogens with zero attached hydrogens (tertiary/aromatic N) is 3. The number of hydrogen-bond donors (Lipinski definition) is 2. The molecule has 0 radical (unpaired) electrons. The lowest BCUT2D eigenvalue weighted by Crippen LogP contribution is -2.62. The molecule has 1 aliphatic heterocycles. The number of nitrogens with one attached hydrogen (secondary N) is 1. The summed E-state index contributed by atoms with van der Waals surface area (Å²) in [5.74, 6) is 0.110. The summed E-state index contributed by atoms with van der Waals surface area (Å²) in [4.78, 5) is 21.0. The van der Waals surface area contributed by atoms with Crippen LogP contribution in [0.5, 0.6) is 0 Å². The van der Waals surface area contributed by atoms with Crippen LogP contribution in [-0.4, -0.2) is 83.7 Å². The van der Waals surface area contributed by atoms with E-state index in [4.69, 9.17) is 0 Å². The van der Waals surface area contributed by atoms with E-state index in [0.717, 1.165) is 49.3 Å². The number of anilines is 1. The van der Waals surface area contributed by atoms with Gasteiger partial charge in [-0.2, -0.15) is 0 Å². The number of rotatable bonds is 9. The molecule has 0 bridgehead atoms. The van der Waals surface area contributed by atoms with Crippen LogP contribution in [0.15, 0.2) is 48.5 Å². The number of para-hydroxylation sites is 1. The smallest absolute Gasteiger partial charge is 0.244 e. The minimum absolute atomic E-state index is 0.110. The molecule has 0 spiro atoms. The van der Waals surface area contributed by atoms with E-state index in [1.807, 2.05) is 20.2 Å². The van der Waals surface area contributed by atoms with Crippen LogP contribution in [0.1, 0.15) is 48.8 Å². The summed E-state index contributed by atoms with van der Waals surface area (Å²) in [6.45, 7) is 7.69. The third kappa shape index (κ3) is 5.67. The van der Waals surface area contributed by atoms with Crippen molar-refractivity contribution in [2.45, 2.75) is 70.1 Å². The van der Waals surface area contributed by atoms with Crippen molar-refractivity contribution in [2.75, 3.05) is 45.7 Å². The van der Waals surface area contributed by atoms with Crippen molar-refractivity contribution in [3.8, 4) is 0 Å². The summed E-state index contributed by atoms with van der Waals surface area (Å²) in [7, 11) is 4.09. The number of carbonyl (C=O) groups is 1. The number of hydrogen-bond acceptors (Lipinski definition) is 5. The second-order valence-electron chi connectivity index (χ2n) is 10.9. The van der Waals surface area contributed by atoms with Crippen molar-refractivity contribution < 1.29 is 9.90 Å². The number of carbonyl (C=O) groups excluding carboxylic acids is 1. The average Bonchev–Trinajstić information content (AvgIpc) is 3.36. The quantitative estimate of drug-likeness (QED) is 0.553. The van der Waals surface area contributed by atoms with Crippen LogP contribution in [0.25, 0.3) is 0 Å². The van der Waals surface area contributed by atoms with E-state index >= 15 is 0 Å². The van der Waals surface area contributed by atoms with Crippen LogP contribution in [0.4, 0.5) is 5.69 Å². The van der Waals surface area contributed by atoms with Crippen LogP contribution < -0.4 is 5.32 Å². The van der Waals surface area contributed by atoms with Gasteiger partial charge in [-0.3, -0.25) is 19.5 Å². The first-order chi connectivity index (χ1) is 17.4. The molecule has 36 heavy (non-hydrogen) atoms. The Balaban J connectivity index is 1.45. The maximum absolute atomic E-state index is 13.7. The van der Waals surface area contributed by atoms with Crippen LogP contribution in [-0.2, 0) is 11.3 Å². The Kier molecular flexibility index (Phi) is 8.83. The van der Waals surface area contributed by atoms with Crippen molar-refractivity contribution in [1.82, 2.24) is 14.7 Å². The molecule has 2 aliphatic rings. The molecule has 1 saturated heterocycles. The van der Waals surface area contributed by atoms with E-state index in [9.17, 15) is 9.90 Å². The molecule has 0 unspecified atom stereocenters. The summed E-state index contributed by atoms with van der Waals surface area (Å²) in [5, 5.41) is 13.1. The van der Waals surface area contributed by atoms with E-state index < -0.39 is 5.54 Å². The average molecular weight is 493 g/mol. The monoisotopic (exact) mass is 492 g/mol. The van der Waals surface area contributed by atoms with Gasteiger partial charge in [0.05, 0.1) is 6.61 Å². The summed E-state index contributed by atoms with van der Waals surface area (Å²) in [6, 6.07) is 17.7. The third-order valence-electron chi connectivity index (χ3n) is 8.62. The molecule has 2 aromatic rings. The van der Waals surface area contributed by atoms with Gasteiger partial charge in [-0.25, -0.2) is 0 Å². The SMILES string of the molecule is Cc1cccc(C)c1NC(=O)C1(N(C)C)CCN([C@@H]2CCC[C@H]2N(CCO)Cc2ccccc2)CC1.